The average Bonchev–Trinajstić information content (AvgIpc) is 3.25. The first kappa shape index (κ1) is 14.5. The van der Waals surface area contributed by atoms with Gasteiger partial charge >= 0.3 is 0 Å². The highest BCUT2D eigenvalue weighted by Crippen LogP contribution is 2.30. The highest BCUT2D eigenvalue weighted by molar-refractivity contribution is 5.81. The molecule has 0 spiro atoms. The maximum atomic E-state index is 5.84. The first-order valence-electron chi connectivity index (χ1n) is 8.09. The van der Waals surface area contributed by atoms with Crippen LogP contribution in [0.4, 0.5) is 11.4 Å². The van der Waals surface area contributed by atoms with E-state index in [4.69, 9.17) is 20.3 Å². The van der Waals surface area contributed by atoms with Crippen LogP contribution in [-0.2, 0) is 0 Å². The van der Waals surface area contributed by atoms with Gasteiger partial charge in [0, 0.05) is 22.5 Å². The van der Waals surface area contributed by atoms with E-state index in [0.29, 0.717) is 34.3 Å². The van der Waals surface area contributed by atoms with Crippen molar-refractivity contribution in [2.24, 2.45) is 0 Å². The van der Waals surface area contributed by atoms with Crippen LogP contribution in [0.1, 0.15) is 0 Å². The molecule has 2 heterocycles. The van der Waals surface area contributed by atoms with Gasteiger partial charge in [0.15, 0.2) is 11.2 Å². The van der Waals surface area contributed by atoms with Crippen LogP contribution in [0, 0.1) is 0 Å². The quantitative estimate of drug-likeness (QED) is 0.459. The molecule has 0 radical (unpaired) electrons. The molecule has 4 N–H and O–H groups in total. The molecule has 5 aromatic rings. The number of aromatic nitrogens is 2. The summed E-state index contributed by atoms with van der Waals surface area (Å²) in [5.41, 5.74) is 17.4. The van der Waals surface area contributed by atoms with Gasteiger partial charge in [-0.3, -0.25) is 0 Å². The van der Waals surface area contributed by atoms with Gasteiger partial charge in [0.25, 0.3) is 0 Å². The monoisotopic (exact) mass is 342 g/mol. The molecule has 0 aliphatic carbocycles. The molecular weight excluding hydrogens is 328 g/mol. The molecule has 0 saturated heterocycles. The number of rotatable bonds is 2. The Morgan fingerprint density at radius 1 is 0.615 bits per heavy atom. The van der Waals surface area contributed by atoms with E-state index in [1.165, 1.54) is 0 Å². The lowest BCUT2D eigenvalue weighted by atomic mass is 10.1. The van der Waals surface area contributed by atoms with Crippen molar-refractivity contribution in [2.75, 3.05) is 11.5 Å². The summed E-state index contributed by atoms with van der Waals surface area (Å²) in [6.07, 6.45) is 0. The van der Waals surface area contributed by atoms with Crippen LogP contribution < -0.4 is 11.5 Å². The Morgan fingerprint density at radius 2 is 1.12 bits per heavy atom. The van der Waals surface area contributed by atoms with E-state index < -0.39 is 0 Å². The molecule has 126 valence electrons. The number of anilines is 2. The van der Waals surface area contributed by atoms with Crippen LogP contribution in [-0.4, -0.2) is 9.97 Å². The molecule has 5 rings (SSSR count). The lowest BCUT2D eigenvalue weighted by molar-refractivity contribution is 0.617. The van der Waals surface area contributed by atoms with Gasteiger partial charge in [-0.25, -0.2) is 9.97 Å². The second-order valence-electron chi connectivity index (χ2n) is 6.07. The Balaban J connectivity index is 1.60. The van der Waals surface area contributed by atoms with E-state index in [2.05, 4.69) is 9.97 Å². The van der Waals surface area contributed by atoms with Crippen LogP contribution in [0.15, 0.2) is 69.5 Å². The van der Waals surface area contributed by atoms with Gasteiger partial charge in [0.1, 0.15) is 11.0 Å². The fourth-order valence-electron chi connectivity index (χ4n) is 2.92. The maximum Gasteiger partial charge on any atom is 0.227 e. The van der Waals surface area contributed by atoms with Gasteiger partial charge in [-0.2, -0.15) is 0 Å². The van der Waals surface area contributed by atoms with Crippen LogP contribution in [0.25, 0.3) is 45.1 Å². The van der Waals surface area contributed by atoms with Crippen LogP contribution in [0.5, 0.6) is 0 Å². The van der Waals surface area contributed by atoms with Gasteiger partial charge in [-0.15, -0.1) is 0 Å². The summed E-state index contributed by atoms with van der Waals surface area (Å²) in [7, 11) is 0. The zero-order chi connectivity index (χ0) is 17.7. The van der Waals surface area contributed by atoms with E-state index in [1.54, 1.807) is 24.3 Å². The molecule has 0 fully saturated rings. The van der Waals surface area contributed by atoms with Crippen molar-refractivity contribution < 1.29 is 8.83 Å². The lowest BCUT2D eigenvalue weighted by Crippen LogP contribution is -1.83. The molecule has 6 nitrogen and oxygen atoms in total. The molecule has 0 saturated carbocycles. The second-order valence-corrected chi connectivity index (χ2v) is 6.07. The largest absolute Gasteiger partial charge is 0.436 e. The SMILES string of the molecule is Nc1ccc2oc(-c3cccc(-c4nc5cc(N)ccc5o4)c3)nc2c1. The van der Waals surface area contributed by atoms with Gasteiger partial charge in [0.05, 0.1) is 0 Å². The molecule has 0 aliphatic rings. The van der Waals surface area contributed by atoms with Gasteiger partial charge < -0.3 is 20.3 Å². The summed E-state index contributed by atoms with van der Waals surface area (Å²) in [6.45, 7) is 0. The predicted molar refractivity (Wildman–Crippen MR) is 101 cm³/mol. The van der Waals surface area contributed by atoms with Gasteiger partial charge in [0.2, 0.25) is 11.8 Å². The van der Waals surface area contributed by atoms with Crippen molar-refractivity contribution in [1.29, 1.82) is 0 Å². The Kier molecular flexibility index (Phi) is 2.99. The van der Waals surface area contributed by atoms with Crippen LogP contribution >= 0.6 is 0 Å². The smallest absolute Gasteiger partial charge is 0.227 e. The summed E-state index contributed by atoms with van der Waals surface area (Å²) in [5.74, 6) is 1.04. The first-order chi connectivity index (χ1) is 12.7. The third-order valence-electron chi connectivity index (χ3n) is 4.18. The Hall–Kier alpha value is -3.80. The summed E-state index contributed by atoms with van der Waals surface area (Å²) in [6, 6.07) is 18.5. The molecule has 0 unspecified atom stereocenters. The average molecular weight is 342 g/mol. The minimum Gasteiger partial charge on any atom is -0.436 e. The summed E-state index contributed by atoms with van der Waals surface area (Å²) in [4.78, 5) is 9.04. The molecule has 3 aromatic carbocycles. The highest BCUT2D eigenvalue weighted by Gasteiger charge is 2.13. The third-order valence-corrected chi connectivity index (χ3v) is 4.18. The lowest BCUT2D eigenvalue weighted by Gasteiger charge is -1.98. The number of fused-ring (bicyclic) bond motifs is 2. The molecule has 0 amide bonds. The van der Waals surface area contributed by atoms with E-state index in [0.717, 1.165) is 22.2 Å². The van der Waals surface area contributed by atoms with Crippen LogP contribution in [0.3, 0.4) is 0 Å². The third kappa shape index (κ3) is 2.36. The zero-order valence-electron chi connectivity index (χ0n) is 13.6. The Labute approximate surface area is 148 Å². The predicted octanol–water partition coefficient (Wildman–Crippen LogP) is 4.47. The second kappa shape index (κ2) is 5.35. The fraction of sp³-hybridized carbons (Fsp3) is 0. The van der Waals surface area contributed by atoms with Crippen molar-refractivity contribution in [2.45, 2.75) is 0 Å². The summed E-state index contributed by atoms with van der Waals surface area (Å²) < 4.78 is 11.7. The van der Waals surface area contributed by atoms with Crippen molar-refractivity contribution >= 4 is 33.6 Å². The van der Waals surface area contributed by atoms with E-state index in [-0.39, 0.29) is 0 Å². The number of hydrogen-bond acceptors (Lipinski definition) is 6. The van der Waals surface area contributed by atoms with Crippen molar-refractivity contribution in [3.63, 3.8) is 0 Å². The summed E-state index contributed by atoms with van der Waals surface area (Å²) in [5, 5.41) is 0. The minimum absolute atomic E-state index is 0.521. The molecule has 0 atom stereocenters. The number of benzene rings is 3. The molecule has 0 bridgehead atoms. The van der Waals surface area contributed by atoms with Gasteiger partial charge in [-0.1, -0.05) is 6.07 Å². The van der Waals surface area contributed by atoms with E-state index in [1.807, 2.05) is 36.4 Å². The van der Waals surface area contributed by atoms with Crippen LogP contribution in [0.2, 0.25) is 0 Å². The summed E-state index contributed by atoms with van der Waals surface area (Å²) >= 11 is 0. The molecule has 0 aliphatic heterocycles. The minimum atomic E-state index is 0.521. The highest BCUT2D eigenvalue weighted by atomic mass is 16.4. The van der Waals surface area contributed by atoms with Gasteiger partial charge in [-0.05, 0) is 54.6 Å². The number of nitrogens with zero attached hydrogens (tertiary/aromatic N) is 2. The Bertz CT molecular complexity index is 1170. The fourth-order valence-corrected chi connectivity index (χ4v) is 2.92. The van der Waals surface area contributed by atoms with Crippen molar-refractivity contribution in [3.8, 4) is 22.9 Å². The number of hydrogen-bond donors (Lipinski definition) is 2. The number of nitrogens with two attached hydrogens (primary N) is 2. The topological polar surface area (TPSA) is 104 Å². The molecule has 2 aromatic heterocycles. The first-order valence-corrected chi connectivity index (χ1v) is 8.09. The van der Waals surface area contributed by atoms with Crippen molar-refractivity contribution in [3.05, 3.63) is 60.7 Å². The number of nitrogen functional groups attached to an aromatic ring is 2. The Morgan fingerprint density at radius 3 is 1.62 bits per heavy atom. The van der Waals surface area contributed by atoms with E-state index >= 15 is 0 Å². The molecule has 26 heavy (non-hydrogen) atoms. The van der Waals surface area contributed by atoms with Crippen molar-refractivity contribution in [1.82, 2.24) is 9.97 Å². The standard InChI is InChI=1S/C20H14N4O2/c21-13-4-6-17-15(9-13)23-19(25-17)11-2-1-3-12(8-11)20-24-16-10-14(22)5-7-18(16)26-20/h1-10H,21-22H2. The zero-order valence-corrected chi connectivity index (χ0v) is 13.6. The molecule has 6 heteroatoms. The maximum absolute atomic E-state index is 5.84. The number of oxazole rings is 2. The normalized spacial score (nSPS) is 11.4. The van der Waals surface area contributed by atoms with E-state index in [9.17, 15) is 0 Å². The molecular formula is C20H14N4O2.